The Hall–Kier alpha value is -3.23. The van der Waals surface area contributed by atoms with Crippen LogP contribution in [0.2, 0.25) is 0 Å². The standard InChI is InChI=1S/C15H16N6O3/c1-9-6-10(2)21-15(18-9)19-13(20-21)14(23)17-8-12(22)16-7-11-4-3-5-24-11/h3-6H,7-8H2,1-2H3,(H,16,22)(H,17,23). The Morgan fingerprint density at radius 1 is 1.25 bits per heavy atom. The summed E-state index contributed by atoms with van der Waals surface area (Å²) >= 11 is 0. The number of fused-ring (bicyclic) bond motifs is 1. The molecule has 0 radical (unpaired) electrons. The molecule has 0 atom stereocenters. The molecular weight excluding hydrogens is 312 g/mol. The summed E-state index contributed by atoms with van der Waals surface area (Å²) in [6, 6.07) is 5.32. The van der Waals surface area contributed by atoms with Crippen LogP contribution in [0.4, 0.5) is 0 Å². The summed E-state index contributed by atoms with van der Waals surface area (Å²) in [6.07, 6.45) is 1.52. The molecule has 24 heavy (non-hydrogen) atoms. The number of carbonyl (C=O) groups is 2. The molecule has 0 saturated heterocycles. The quantitative estimate of drug-likeness (QED) is 0.700. The Morgan fingerprint density at radius 2 is 2.08 bits per heavy atom. The SMILES string of the molecule is Cc1cc(C)n2nc(C(=O)NCC(=O)NCc3ccco3)nc2n1. The van der Waals surface area contributed by atoms with Crippen LogP contribution in [0.25, 0.3) is 5.78 Å². The summed E-state index contributed by atoms with van der Waals surface area (Å²) < 4.78 is 6.59. The number of aromatic nitrogens is 4. The number of amides is 2. The summed E-state index contributed by atoms with van der Waals surface area (Å²) in [7, 11) is 0. The zero-order valence-electron chi connectivity index (χ0n) is 13.2. The number of carbonyl (C=O) groups excluding carboxylic acids is 2. The number of rotatable bonds is 5. The molecule has 0 fully saturated rings. The van der Waals surface area contributed by atoms with Crippen molar-refractivity contribution in [3.8, 4) is 0 Å². The highest BCUT2D eigenvalue weighted by atomic mass is 16.3. The lowest BCUT2D eigenvalue weighted by Gasteiger charge is -2.03. The van der Waals surface area contributed by atoms with E-state index in [2.05, 4.69) is 25.7 Å². The van der Waals surface area contributed by atoms with Crippen molar-refractivity contribution in [3.05, 3.63) is 47.4 Å². The second-order valence-electron chi connectivity index (χ2n) is 5.22. The molecule has 3 heterocycles. The van der Waals surface area contributed by atoms with Gasteiger partial charge < -0.3 is 15.1 Å². The maximum Gasteiger partial charge on any atom is 0.291 e. The monoisotopic (exact) mass is 328 g/mol. The van der Waals surface area contributed by atoms with Crippen LogP contribution in [0, 0.1) is 13.8 Å². The van der Waals surface area contributed by atoms with Crippen LogP contribution in [0.15, 0.2) is 28.9 Å². The fourth-order valence-corrected chi connectivity index (χ4v) is 2.16. The number of nitrogens with one attached hydrogen (secondary N) is 2. The highest BCUT2D eigenvalue weighted by molar-refractivity contribution is 5.93. The zero-order valence-corrected chi connectivity index (χ0v) is 13.2. The maximum absolute atomic E-state index is 12.1. The third-order valence-electron chi connectivity index (χ3n) is 3.27. The molecule has 2 amide bonds. The lowest BCUT2D eigenvalue weighted by molar-refractivity contribution is -0.120. The minimum atomic E-state index is -0.536. The van der Waals surface area contributed by atoms with Crippen molar-refractivity contribution in [1.29, 1.82) is 0 Å². The predicted molar refractivity (Wildman–Crippen MR) is 83.1 cm³/mol. The smallest absolute Gasteiger partial charge is 0.291 e. The number of hydrogen-bond donors (Lipinski definition) is 2. The van der Waals surface area contributed by atoms with E-state index in [1.807, 2.05) is 19.9 Å². The van der Waals surface area contributed by atoms with Crippen LogP contribution < -0.4 is 10.6 Å². The average molecular weight is 328 g/mol. The maximum atomic E-state index is 12.1. The molecule has 0 unspecified atom stereocenters. The van der Waals surface area contributed by atoms with Gasteiger partial charge in [0.05, 0.1) is 19.4 Å². The fourth-order valence-electron chi connectivity index (χ4n) is 2.16. The Labute approximate surface area is 137 Å². The van der Waals surface area contributed by atoms with E-state index in [4.69, 9.17) is 4.42 Å². The van der Waals surface area contributed by atoms with Crippen LogP contribution in [0.3, 0.4) is 0 Å². The number of aryl methyl sites for hydroxylation is 2. The lowest BCUT2D eigenvalue weighted by atomic mass is 10.4. The van der Waals surface area contributed by atoms with Gasteiger partial charge in [-0.15, -0.1) is 5.10 Å². The van der Waals surface area contributed by atoms with Crippen LogP contribution in [0.5, 0.6) is 0 Å². The molecule has 124 valence electrons. The van der Waals surface area contributed by atoms with Gasteiger partial charge in [0.25, 0.3) is 11.7 Å². The van der Waals surface area contributed by atoms with Gasteiger partial charge in [-0.05, 0) is 32.0 Å². The van der Waals surface area contributed by atoms with Crippen molar-refractivity contribution in [3.63, 3.8) is 0 Å². The summed E-state index contributed by atoms with van der Waals surface area (Å²) in [5.41, 5.74) is 1.61. The van der Waals surface area contributed by atoms with Crippen LogP contribution in [0.1, 0.15) is 27.8 Å². The summed E-state index contributed by atoms with van der Waals surface area (Å²) in [4.78, 5) is 32.1. The van der Waals surface area contributed by atoms with Gasteiger partial charge in [0.15, 0.2) is 0 Å². The normalized spacial score (nSPS) is 10.8. The first-order valence-electron chi connectivity index (χ1n) is 7.31. The Kier molecular flexibility index (Phi) is 4.23. The van der Waals surface area contributed by atoms with Gasteiger partial charge in [0.1, 0.15) is 5.76 Å². The first kappa shape index (κ1) is 15.7. The first-order chi connectivity index (χ1) is 11.5. The van der Waals surface area contributed by atoms with E-state index in [0.29, 0.717) is 11.5 Å². The van der Waals surface area contributed by atoms with Gasteiger partial charge in [0, 0.05) is 11.4 Å². The summed E-state index contributed by atoms with van der Waals surface area (Å²) in [5.74, 6) is 0.0722. The molecule has 0 aliphatic rings. The molecule has 0 aliphatic carbocycles. The largest absolute Gasteiger partial charge is 0.467 e. The van der Waals surface area contributed by atoms with Crippen molar-refractivity contribution < 1.29 is 14.0 Å². The molecule has 3 aromatic rings. The molecule has 0 bridgehead atoms. The highest BCUT2D eigenvalue weighted by Crippen LogP contribution is 2.05. The topological polar surface area (TPSA) is 114 Å². The van der Waals surface area contributed by atoms with E-state index in [-0.39, 0.29) is 24.8 Å². The zero-order chi connectivity index (χ0) is 17.1. The van der Waals surface area contributed by atoms with Crippen molar-refractivity contribution >= 4 is 17.6 Å². The fraction of sp³-hybridized carbons (Fsp3) is 0.267. The van der Waals surface area contributed by atoms with Crippen molar-refractivity contribution in [2.75, 3.05) is 6.54 Å². The van der Waals surface area contributed by atoms with Gasteiger partial charge in [-0.2, -0.15) is 4.98 Å². The lowest BCUT2D eigenvalue weighted by Crippen LogP contribution is -2.37. The van der Waals surface area contributed by atoms with E-state index in [9.17, 15) is 9.59 Å². The van der Waals surface area contributed by atoms with Crippen LogP contribution >= 0.6 is 0 Å². The molecule has 0 aromatic carbocycles. The van der Waals surface area contributed by atoms with Gasteiger partial charge in [0.2, 0.25) is 11.7 Å². The van der Waals surface area contributed by atoms with Crippen LogP contribution in [-0.4, -0.2) is 37.9 Å². The van der Waals surface area contributed by atoms with E-state index in [0.717, 1.165) is 11.4 Å². The van der Waals surface area contributed by atoms with Crippen molar-refractivity contribution in [1.82, 2.24) is 30.2 Å². The molecular formula is C15H16N6O3. The molecule has 0 spiro atoms. The van der Waals surface area contributed by atoms with Crippen LogP contribution in [-0.2, 0) is 11.3 Å². The van der Waals surface area contributed by atoms with E-state index >= 15 is 0 Å². The minimum absolute atomic E-state index is 0.0324. The Balaban J connectivity index is 1.58. The van der Waals surface area contributed by atoms with E-state index in [1.54, 1.807) is 12.1 Å². The third-order valence-corrected chi connectivity index (χ3v) is 3.27. The van der Waals surface area contributed by atoms with Gasteiger partial charge in [-0.1, -0.05) is 0 Å². The van der Waals surface area contributed by atoms with Gasteiger partial charge >= 0.3 is 0 Å². The molecule has 2 N–H and O–H groups in total. The molecule has 0 aliphatic heterocycles. The number of furan rings is 1. The minimum Gasteiger partial charge on any atom is -0.467 e. The summed E-state index contributed by atoms with van der Waals surface area (Å²) in [6.45, 7) is 3.77. The molecule has 0 saturated carbocycles. The second kappa shape index (κ2) is 6.49. The Morgan fingerprint density at radius 3 is 2.83 bits per heavy atom. The molecule has 3 rings (SSSR count). The Bertz CT molecular complexity index is 884. The molecule has 9 nitrogen and oxygen atoms in total. The average Bonchev–Trinajstić information content (AvgIpc) is 3.19. The van der Waals surface area contributed by atoms with Crippen molar-refractivity contribution in [2.24, 2.45) is 0 Å². The van der Waals surface area contributed by atoms with E-state index < -0.39 is 5.91 Å². The summed E-state index contributed by atoms with van der Waals surface area (Å²) in [5, 5.41) is 9.21. The third kappa shape index (κ3) is 3.40. The second-order valence-corrected chi connectivity index (χ2v) is 5.22. The number of hydrogen-bond acceptors (Lipinski definition) is 6. The van der Waals surface area contributed by atoms with Gasteiger partial charge in [-0.3, -0.25) is 9.59 Å². The molecule has 3 aromatic heterocycles. The number of nitrogens with zero attached hydrogens (tertiary/aromatic N) is 4. The first-order valence-corrected chi connectivity index (χ1v) is 7.31. The highest BCUT2D eigenvalue weighted by Gasteiger charge is 2.15. The molecule has 9 heteroatoms. The van der Waals surface area contributed by atoms with E-state index in [1.165, 1.54) is 10.8 Å². The van der Waals surface area contributed by atoms with Crippen molar-refractivity contribution in [2.45, 2.75) is 20.4 Å². The van der Waals surface area contributed by atoms with Gasteiger partial charge in [-0.25, -0.2) is 9.50 Å². The predicted octanol–water partition coefficient (Wildman–Crippen LogP) is 0.380.